The highest BCUT2D eigenvalue weighted by Gasteiger charge is 2.20. The molecule has 0 amide bonds. The van der Waals surface area contributed by atoms with Gasteiger partial charge in [0, 0.05) is 24.6 Å². The molecule has 0 saturated heterocycles. The normalized spacial score (nSPS) is 12.2. The zero-order chi connectivity index (χ0) is 22.6. The summed E-state index contributed by atoms with van der Waals surface area (Å²) in [5.74, 6) is 6.65. The number of anilines is 2. The van der Waals surface area contributed by atoms with Gasteiger partial charge in [0.1, 0.15) is 0 Å². The largest absolute Gasteiger partial charge is 0.350 e. The van der Waals surface area contributed by atoms with Gasteiger partial charge in [-0.15, -0.1) is 0 Å². The number of para-hydroxylation sites is 1. The number of nitrogens with zero attached hydrogens (tertiary/aromatic N) is 5. The van der Waals surface area contributed by atoms with E-state index in [1.807, 2.05) is 50.4 Å². The molecule has 0 spiro atoms. The zero-order valence-corrected chi connectivity index (χ0v) is 19.1. The lowest BCUT2D eigenvalue weighted by molar-refractivity contribution is 0.592. The van der Waals surface area contributed by atoms with E-state index in [1.54, 1.807) is 11.2 Å². The third kappa shape index (κ3) is 5.20. The average molecular weight is 444 g/mol. The molecule has 3 aromatic rings. The standard InChI is InChI=1S/C21H29N7O2S/c1-5-6-9-12-27(22)18-11-8-7-10-16(18)13-23-20-26-21(31(4,29)30)25-19-17(15(2)3)14-24-28(19)20/h7-12,14-15H,5-6,13,22H2,1-4H3,(H,23,25,26)/b12-9-. The van der Waals surface area contributed by atoms with E-state index in [2.05, 4.69) is 27.3 Å². The number of hydrogen-bond donors (Lipinski definition) is 2. The van der Waals surface area contributed by atoms with Crippen LogP contribution in [0.25, 0.3) is 5.65 Å². The predicted octanol–water partition coefficient (Wildman–Crippen LogP) is 3.26. The molecule has 0 radical (unpaired) electrons. The molecule has 0 aliphatic heterocycles. The zero-order valence-electron chi connectivity index (χ0n) is 18.3. The van der Waals surface area contributed by atoms with Crippen molar-refractivity contribution in [2.45, 2.75) is 51.2 Å². The fraction of sp³-hybridized carbons (Fsp3) is 0.381. The number of allylic oxidation sites excluding steroid dienone is 1. The van der Waals surface area contributed by atoms with Crippen molar-refractivity contribution in [1.82, 2.24) is 19.6 Å². The Kier molecular flexibility index (Phi) is 6.91. The first-order valence-electron chi connectivity index (χ1n) is 10.2. The van der Waals surface area contributed by atoms with Crippen LogP contribution in [0.1, 0.15) is 50.7 Å². The molecule has 0 saturated carbocycles. The van der Waals surface area contributed by atoms with E-state index < -0.39 is 9.84 Å². The Hall–Kier alpha value is -2.98. The monoisotopic (exact) mass is 443 g/mol. The minimum Gasteiger partial charge on any atom is -0.350 e. The number of sulfone groups is 1. The molecule has 3 rings (SSSR count). The second-order valence-corrected chi connectivity index (χ2v) is 9.56. The van der Waals surface area contributed by atoms with Crippen molar-refractivity contribution < 1.29 is 8.42 Å². The summed E-state index contributed by atoms with van der Waals surface area (Å²) in [4.78, 5) is 8.48. The topological polar surface area (TPSA) is 119 Å². The molecule has 0 fully saturated rings. The molecular formula is C21H29N7O2S. The first-order valence-corrected chi connectivity index (χ1v) is 12.1. The molecule has 10 heteroatoms. The molecular weight excluding hydrogens is 414 g/mol. The van der Waals surface area contributed by atoms with Crippen molar-refractivity contribution in [2.75, 3.05) is 16.6 Å². The summed E-state index contributed by atoms with van der Waals surface area (Å²) < 4.78 is 25.9. The summed E-state index contributed by atoms with van der Waals surface area (Å²) in [5.41, 5.74) is 3.09. The summed E-state index contributed by atoms with van der Waals surface area (Å²) in [5, 5.41) is 8.92. The minimum atomic E-state index is -3.60. The molecule has 3 N–H and O–H groups in total. The quantitative estimate of drug-likeness (QED) is 0.382. The van der Waals surface area contributed by atoms with Gasteiger partial charge in [-0.05, 0) is 24.0 Å². The molecule has 31 heavy (non-hydrogen) atoms. The van der Waals surface area contributed by atoms with E-state index >= 15 is 0 Å². The van der Waals surface area contributed by atoms with Gasteiger partial charge in [0.2, 0.25) is 15.8 Å². The maximum atomic E-state index is 12.2. The fourth-order valence-electron chi connectivity index (χ4n) is 3.08. The average Bonchev–Trinajstić information content (AvgIpc) is 3.16. The Morgan fingerprint density at radius 3 is 2.68 bits per heavy atom. The maximum Gasteiger partial charge on any atom is 0.252 e. The predicted molar refractivity (Wildman–Crippen MR) is 122 cm³/mol. The Morgan fingerprint density at radius 2 is 2.00 bits per heavy atom. The van der Waals surface area contributed by atoms with E-state index in [0.717, 1.165) is 35.9 Å². The highest BCUT2D eigenvalue weighted by atomic mass is 32.2. The van der Waals surface area contributed by atoms with Crippen LogP contribution in [0.3, 0.4) is 0 Å². The van der Waals surface area contributed by atoms with Crippen molar-refractivity contribution in [3.63, 3.8) is 0 Å². The van der Waals surface area contributed by atoms with Gasteiger partial charge in [0.15, 0.2) is 5.65 Å². The lowest BCUT2D eigenvalue weighted by Gasteiger charge is -2.18. The van der Waals surface area contributed by atoms with Crippen LogP contribution in [0.15, 0.2) is 47.9 Å². The lowest BCUT2D eigenvalue weighted by Crippen LogP contribution is -2.25. The molecule has 1 aromatic carbocycles. The molecule has 0 aliphatic rings. The molecule has 2 heterocycles. The highest BCUT2D eigenvalue weighted by Crippen LogP contribution is 2.24. The van der Waals surface area contributed by atoms with Crippen LogP contribution < -0.4 is 16.2 Å². The first-order chi connectivity index (χ1) is 14.7. The second kappa shape index (κ2) is 9.44. The van der Waals surface area contributed by atoms with Crippen LogP contribution in [-0.2, 0) is 16.4 Å². The number of nitrogens with one attached hydrogen (secondary N) is 1. The maximum absolute atomic E-state index is 12.2. The van der Waals surface area contributed by atoms with Crippen LogP contribution >= 0.6 is 0 Å². The van der Waals surface area contributed by atoms with Gasteiger partial charge in [-0.2, -0.15) is 19.6 Å². The summed E-state index contributed by atoms with van der Waals surface area (Å²) in [6.07, 6.45) is 8.64. The first kappa shape index (κ1) is 22.7. The molecule has 0 atom stereocenters. The van der Waals surface area contributed by atoms with Crippen LogP contribution in [0.4, 0.5) is 11.6 Å². The second-order valence-electron chi connectivity index (χ2n) is 7.65. The number of aromatic nitrogens is 4. The van der Waals surface area contributed by atoms with E-state index in [9.17, 15) is 8.42 Å². The van der Waals surface area contributed by atoms with Gasteiger partial charge >= 0.3 is 0 Å². The summed E-state index contributed by atoms with van der Waals surface area (Å²) in [7, 11) is -3.60. The van der Waals surface area contributed by atoms with Gasteiger partial charge in [-0.25, -0.2) is 14.3 Å². The number of hydrogen-bond acceptors (Lipinski definition) is 8. The molecule has 166 valence electrons. The number of hydrazine groups is 1. The van der Waals surface area contributed by atoms with Crippen molar-refractivity contribution in [1.29, 1.82) is 0 Å². The number of rotatable bonds is 9. The van der Waals surface area contributed by atoms with E-state index in [-0.39, 0.29) is 11.1 Å². The summed E-state index contributed by atoms with van der Waals surface area (Å²) >= 11 is 0. The molecule has 0 unspecified atom stereocenters. The van der Waals surface area contributed by atoms with Gasteiger partial charge in [0.05, 0.1) is 11.9 Å². The number of benzene rings is 1. The number of fused-ring (bicyclic) bond motifs is 1. The molecule has 2 aromatic heterocycles. The Morgan fingerprint density at radius 1 is 1.26 bits per heavy atom. The summed E-state index contributed by atoms with van der Waals surface area (Å²) in [6, 6.07) is 7.72. The van der Waals surface area contributed by atoms with Crippen molar-refractivity contribution in [2.24, 2.45) is 5.84 Å². The van der Waals surface area contributed by atoms with Gasteiger partial charge < -0.3 is 5.32 Å². The number of nitrogens with two attached hydrogens (primary N) is 1. The highest BCUT2D eigenvalue weighted by molar-refractivity contribution is 7.90. The van der Waals surface area contributed by atoms with Gasteiger partial charge in [0.25, 0.3) is 5.16 Å². The lowest BCUT2D eigenvalue weighted by atomic mass is 10.1. The van der Waals surface area contributed by atoms with Crippen LogP contribution in [-0.4, -0.2) is 34.3 Å². The molecule has 0 bridgehead atoms. The van der Waals surface area contributed by atoms with Crippen molar-refractivity contribution in [3.8, 4) is 0 Å². The van der Waals surface area contributed by atoms with E-state index in [1.165, 1.54) is 4.52 Å². The van der Waals surface area contributed by atoms with E-state index in [4.69, 9.17) is 5.84 Å². The van der Waals surface area contributed by atoms with Crippen LogP contribution in [0.2, 0.25) is 0 Å². The third-order valence-corrected chi connectivity index (χ3v) is 5.60. The summed E-state index contributed by atoms with van der Waals surface area (Å²) in [6.45, 7) is 6.49. The fourth-order valence-corrected chi connectivity index (χ4v) is 3.59. The van der Waals surface area contributed by atoms with E-state index in [0.29, 0.717) is 18.1 Å². The van der Waals surface area contributed by atoms with Crippen molar-refractivity contribution in [3.05, 3.63) is 53.9 Å². The Bertz CT molecular complexity index is 1190. The SMILES string of the molecule is CCC/C=C\N(N)c1ccccc1CNc1nc(S(C)(=O)=O)nc2c(C(C)C)cnn12. The van der Waals surface area contributed by atoms with Gasteiger partial charge in [-0.1, -0.05) is 51.5 Å². The Labute approximate surface area is 182 Å². The minimum absolute atomic E-state index is 0.133. The van der Waals surface area contributed by atoms with Crippen LogP contribution in [0.5, 0.6) is 0 Å². The smallest absolute Gasteiger partial charge is 0.252 e. The van der Waals surface area contributed by atoms with Gasteiger partial charge in [-0.3, -0.25) is 5.01 Å². The number of unbranched alkanes of at least 4 members (excludes halogenated alkanes) is 1. The van der Waals surface area contributed by atoms with Crippen molar-refractivity contribution >= 4 is 27.1 Å². The molecule has 9 nitrogen and oxygen atoms in total. The Balaban J connectivity index is 1.96. The van der Waals surface area contributed by atoms with Crippen LogP contribution in [0, 0.1) is 0 Å². The third-order valence-electron chi connectivity index (χ3n) is 4.76. The molecule has 0 aliphatic carbocycles.